The number of carbonyl (C=O) groups excluding carboxylic acids is 2. The molecule has 1 amide bonds. The van der Waals surface area contributed by atoms with Gasteiger partial charge in [0.05, 0.1) is 18.7 Å². The Morgan fingerprint density at radius 2 is 1.80 bits per heavy atom. The summed E-state index contributed by atoms with van der Waals surface area (Å²) >= 11 is 3.39. The van der Waals surface area contributed by atoms with Crippen molar-refractivity contribution in [3.05, 3.63) is 81.5 Å². The van der Waals surface area contributed by atoms with Crippen LogP contribution in [0.1, 0.15) is 22.9 Å². The zero-order chi connectivity index (χ0) is 21.4. The average molecular weight is 469 g/mol. The molecule has 1 aliphatic rings. The number of nitrogens with zero attached hydrogens (tertiary/aromatic N) is 2. The molecule has 7 nitrogen and oxygen atoms in total. The molecule has 0 bridgehead atoms. The molecule has 0 saturated carbocycles. The van der Waals surface area contributed by atoms with E-state index in [0.29, 0.717) is 22.6 Å². The number of aliphatic hydroxyl groups excluding tert-OH is 1. The van der Waals surface area contributed by atoms with E-state index in [2.05, 4.69) is 21.1 Å². The lowest BCUT2D eigenvalue weighted by Gasteiger charge is -2.22. The van der Waals surface area contributed by atoms with Crippen molar-refractivity contribution in [1.82, 2.24) is 5.16 Å². The molecule has 2 aromatic carbocycles. The maximum atomic E-state index is 13.0. The van der Waals surface area contributed by atoms with Crippen LogP contribution in [0.3, 0.4) is 0 Å². The van der Waals surface area contributed by atoms with E-state index in [4.69, 9.17) is 9.26 Å². The van der Waals surface area contributed by atoms with Gasteiger partial charge >= 0.3 is 5.91 Å². The van der Waals surface area contributed by atoms with Crippen molar-refractivity contribution in [3.63, 3.8) is 0 Å². The number of amides is 1. The number of anilines is 1. The Balaban J connectivity index is 1.91. The normalized spacial score (nSPS) is 18.1. The molecule has 8 heteroatoms. The number of carbonyl (C=O) groups is 2. The number of halogens is 1. The van der Waals surface area contributed by atoms with Gasteiger partial charge in [-0.05, 0) is 48.9 Å². The number of methoxy groups -OCH3 is 1. The van der Waals surface area contributed by atoms with E-state index in [0.717, 1.165) is 4.47 Å². The molecule has 1 aliphatic heterocycles. The molecule has 0 spiro atoms. The minimum atomic E-state index is -0.857. The van der Waals surface area contributed by atoms with Crippen LogP contribution in [0.15, 0.2) is 69.2 Å². The van der Waals surface area contributed by atoms with Crippen molar-refractivity contribution in [2.75, 3.05) is 12.0 Å². The van der Waals surface area contributed by atoms with Gasteiger partial charge in [0.1, 0.15) is 17.3 Å². The van der Waals surface area contributed by atoms with Crippen LogP contribution >= 0.6 is 15.9 Å². The topological polar surface area (TPSA) is 92.9 Å². The molecule has 1 aromatic heterocycles. The second-order valence-corrected chi connectivity index (χ2v) is 7.66. The van der Waals surface area contributed by atoms with Crippen LogP contribution in [-0.2, 0) is 9.59 Å². The molecule has 0 aliphatic carbocycles. The van der Waals surface area contributed by atoms with Gasteiger partial charge in [-0.25, -0.2) is 0 Å². The highest BCUT2D eigenvalue weighted by Gasteiger charge is 2.48. The monoisotopic (exact) mass is 468 g/mol. The Morgan fingerprint density at radius 1 is 1.13 bits per heavy atom. The summed E-state index contributed by atoms with van der Waals surface area (Å²) in [5, 5.41) is 14.9. The largest absolute Gasteiger partial charge is 0.507 e. The van der Waals surface area contributed by atoms with E-state index >= 15 is 0 Å². The summed E-state index contributed by atoms with van der Waals surface area (Å²) in [6, 6.07) is 14.5. The number of aryl methyl sites for hydroxylation is 1. The average Bonchev–Trinajstić information content (AvgIpc) is 3.29. The first-order valence-corrected chi connectivity index (χ1v) is 9.84. The molecule has 3 aromatic rings. The smallest absolute Gasteiger partial charge is 0.301 e. The molecule has 1 saturated heterocycles. The summed E-state index contributed by atoms with van der Waals surface area (Å²) in [6.07, 6.45) is 0. The fourth-order valence-electron chi connectivity index (χ4n) is 3.40. The standard InChI is InChI=1S/C22H17BrN2O5/c1-12-11-17(24-30-12)25-19(13-3-7-15(23)8-4-13)18(21(27)22(25)28)20(26)14-5-9-16(29-2)10-6-14/h3-11,19,26H,1-2H3. The zero-order valence-electron chi connectivity index (χ0n) is 16.1. The van der Waals surface area contributed by atoms with Crippen molar-refractivity contribution in [2.45, 2.75) is 13.0 Å². The molecular weight excluding hydrogens is 452 g/mol. The highest BCUT2D eigenvalue weighted by atomic mass is 79.9. The lowest BCUT2D eigenvalue weighted by Crippen LogP contribution is -2.29. The van der Waals surface area contributed by atoms with Crippen molar-refractivity contribution in [2.24, 2.45) is 0 Å². The van der Waals surface area contributed by atoms with Gasteiger partial charge in [-0.2, -0.15) is 0 Å². The van der Waals surface area contributed by atoms with Gasteiger partial charge in [-0.1, -0.05) is 33.2 Å². The summed E-state index contributed by atoms with van der Waals surface area (Å²) < 4.78 is 11.1. The summed E-state index contributed by atoms with van der Waals surface area (Å²) in [5.41, 5.74) is 1.02. The maximum absolute atomic E-state index is 13.0. The van der Waals surface area contributed by atoms with Gasteiger partial charge in [0, 0.05) is 16.1 Å². The first-order valence-electron chi connectivity index (χ1n) is 9.05. The highest BCUT2D eigenvalue weighted by molar-refractivity contribution is 9.10. The second-order valence-electron chi connectivity index (χ2n) is 6.74. The second kappa shape index (κ2) is 7.79. The summed E-state index contributed by atoms with van der Waals surface area (Å²) in [5.74, 6) is -0.544. The first kappa shape index (κ1) is 19.9. The molecule has 0 radical (unpaired) electrons. The maximum Gasteiger partial charge on any atom is 0.301 e. The highest BCUT2D eigenvalue weighted by Crippen LogP contribution is 2.42. The number of hydrogen-bond acceptors (Lipinski definition) is 6. The van der Waals surface area contributed by atoms with Crippen LogP contribution in [0, 0.1) is 6.92 Å². The predicted molar refractivity (Wildman–Crippen MR) is 113 cm³/mol. The molecule has 1 N–H and O–H groups in total. The van der Waals surface area contributed by atoms with Crippen molar-refractivity contribution in [1.29, 1.82) is 0 Å². The number of aliphatic hydroxyl groups is 1. The lowest BCUT2D eigenvalue weighted by atomic mass is 9.95. The third-order valence-corrected chi connectivity index (χ3v) is 5.38. The number of hydrogen-bond donors (Lipinski definition) is 1. The van der Waals surface area contributed by atoms with Crippen LogP contribution in [0.2, 0.25) is 0 Å². The number of Topliss-reactive ketones (excluding diaryl/α,β-unsaturated/α-hetero) is 1. The first-order chi connectivity index (χ1) is 14.4. The lowest BCUT2D eigenvalue weighted by molar-refractivity contribution is -0.132. The number of rotatable bonds is 4. The molecule has 1 fully saturated rings. The van der Waals surface area contributed by atoms with Crippen LogP contribution in [0.5, 0.6) is 5.75 Å². The molecule has 2 heterocycles. The predicted octanol–water partition coefficient (Wildman–Crippen LogP) is 4.38. The van der Waals surface area contributed by atoms with Crippen LogP contribution in [-0.4, -0.2) is 29.1 Å². The minimum Gasteiger partial charge on any atom is -0.507 e. The van der Waals surface area contributed by atoms with Gasteiger partial charge in [0.2, 0.25) is 0 Å². The van der Waals surface area contributed by atoms with E-state index in [1.165, 1.54) is 12.0 Å². The number of ether oxygens (including phenoxy) is 1. The number of ketones is 1. The zero-order valence-corrected chi connectivity index (χ0v) is 17.7. The van der Waals surface area contributed by atoms with E-state index < -0.39 is 17.7 Å². The van der Waals surface area contributed by atoms with Crippen LogP contribution < -0.4 is 9.64 Å². The Hall–Kier alpha value is -3.39. The Kier molecular flexibility index (Phi) is 5.17. The molecule has 1 unspecified atom stereocenters. The minimum absolute atomic E-state index is 0.0202. The summed E-state index contributed by atoms with van der Waals surface area (Å²) in [6.45, 7) is 1.69. The fourth-order valence-corrected chi connectivity index (χ4v) is 3.66. The van der Waals surface area contributed by atoms with E-state index in [-0.39, 0.29) is 17.2 Å². The number of aromatic nitrogens is 1. The molecule has 1 atom stereocenters. The van der Waals surface area contributed by atoms with E-state index in [1.54, 1.807) is 61.5 Å². The molecular formula is C22H17BrN2O5. The third kappa shape index (κ3) is 3.39. The van der Waals surface area contributed by atoms with Gasteiger partial charge in [-0.15, -0.1) is 0 Å². The van der Waals surface area contributed by atoms with Gasteiger partial charge in [0.25, 0.3) is 5.78 Å². The Labute approximate surface area is 180 Å². The molecule has 152 valence electrons. The SMILES string of the molecule is COc1ccc(C(O)=C2C(=O)C(=O)N(c3cc(C)on3)C2c2ccc(Br)cc2)cc1. The van der Waals surface area contributed by atoms with E-state index in [1.807, 2.05) is 0 Å². The Morgan fingerprint density at radius 3 is 2.37 bits per heavy atom. The van der Waals surface area contributed by atoms with Gasteiger partial charge in [0.15, 0.2) is 5.82 Å². The molecule has 30 heavy (non-hydrogen) atoms. The Bertz CT molecular complexity index is 1150. The van der Waals surface area contributed by atoms with E-state index in [9.17, 15) is 14.7 Å². The van der Waals surface area contributed by atoms with Crippen molar-refractivity contribution in [3.8, 4) is 5.75 Å². The van der Waals surface area contributed by atoms with Crippen molar-refractivity contribution < 1.29 is 24.0 Å². The van der Waals surface area contributed by atoms with Crippen molar-refractivity contribution >= 4 is 39.2 Å². The number of benzene rings is 2. The van der Waals surface area contributed by atoms with Crippen LogP contribution in [0.4, 0.5) is 5.82 Å². The third-order valence-electron chi connectivity index (χ3n) is 4.86. The quantitative estimate of drug-likeness (QED) is 0.347. The molecule has 4 rings (SSSR count). The fraction of sp³-hybridized carbons (Fsp3) is 0.136. The summed E-state index contributed by atoms with van der Waals surface area (Å²) in [7, 11) is 1.54. The van der Waals surface area contributed by atoms with Gasteiger partial charge < -0.3 is 14.4 Å². The van der Waals surface area contributed by atoms with Gasteiger partial charge in [-0.3, -0.25) is 14.5 Å². The van der Waals surface area contributed by atoms with Crippen LogP contribution in [0.25, 0.3) is 5.76 Å². The summed E-state index contributed by atoms with van der Waals surface area (Å²) in [4.78, 5) is 27.2.